The van der Waals surface area contributed by atoms with Gasteiger partial charge in [-0.25, -0.2) is 13.1 Å². The maximum Gasteiger partial charge on any atom is 0.211 e. The van der Waals surface area contributed by atoms with Gasteiger partial charge in [-0.15, -0.1) is 0 Å². The van der Waals surface area contributed by atoms with E-state index >= 15 is 0 Å². The molecule has 1 rings (SSSR count). The van der Waals surface area contributed by atoms with Crippen molar-refractivity contribution in [1.82, 2.24) is 9.71 Å². The number of nitrogens with zero attached hydrogens (tertiary/aromatic N) is 1. The molecule has 1 heterocycles. The zero-order valence-electron chi connectivity index (χ0n) is 15.9. The van der Waals surface area contributed by atoms with Crippen LogP contribution in [0, 0.1) is 0 Å². The number of aromatic nitrogens is 1. The fourth-order valence-corrected chi connectivity index (χ4v) is 3.99. The van der Waals surface area contributed by atoms with Gasteiger partial charge >= 0.3 is 0 Å². The fourth-order valence-electron chi connectivity index (χ4n) is 2.89. The van der Waals surface area contributed by atoms with Gasteiger partial charge in [0.15, 0.2) is 0 Å². The first-order valence-corrected chi connectivity index (χ1v) is 11.7. The fraction of sp³-hybridized carbons (Fsp3) is 0.750. The summed E-state index contributed by atoms with van der Waals surface area (Å²) in [4.78, 5) is 4.12. The molecule has 25 heavy (non-hydrogen) atoms. The van der Waals surface area contributed by atoms with E-state index in [-0.39, 0.29) is 12.3 Å². The number of nitrogens with one attached hydrogen (secondary N) is 1. The lowest BCUT2D eigenvalue weighted by Crippen LogP contribution is -2.26. The Balaban J connectivity index is 1.93. The largest absolute Gasteiger partial charge is 0.260 e. The van der Waals surface area contributed by atoms with Gasteiger partial charge in [0.1, 0.15) is 0 Å². The minimum absolute atomic E-state index is 0.220. The summed E-state index contributed by atoms with van der Waals surface area (Å²) in [5.74, 6) is 0.220. The predicted octanol–water partition coefficient (Wildman–Crippen LogP) is 5.20. The average Bonchev–Trinajstić information content (AvgIpc) is 2.62. The van der Waals surface area contributed by atoms with E-state index in [1.54, 1.807) is 6.20 Å². The van der Waals surface area contributed by atoms with Gasteiger partial charge in [0.25, 0.3) is 0 Å². The van der Waals surface area contributed by atoms with Crippen LogP contribution >= 0.6 is 0 Å². The highest BCUT2D eigenvalue weighted by Crippen LogP contribution is 2.12. The van der Waals surface area contributed by atoms with E-state index in [1.807, 2.05) is 18.2 Å². The van der Waals surface area contributed by atoms with Crippen molar-refractivity contribution in [2.24, 2.45) is 0 Å². The topological polar surface area (TPSA) is 59.1 Å². The molecule has 0 atom stereocenters. The third-order valence-corrected chi connectivity index (χ3v) is 5.88. The van der Waals surface area contributed by atoms with Crippen LogP contribution in [0.2, 0.25) is 0 Å². The van der Waals surface area contributed by atoms with Gasteiger partial charge in [0.2, 0.25) is 10.0 Å². The first-order chi connectivity index (χ1) is 12.1. The molecule has 0 unspecified atom stereocenters. The van der Waals surface area contributed by atoms with Crippen molar-refractivity contribution in [1.29, 1.82) is 0 Å². The second-order valence-corrected chi connectivity index (χ2v) is 8.78. The molecule has 0 saturated carbocycles. The smallest absolute Gasteiger partial charge is 0.211 e. The summed E-state index contributed by atoms with van der Waals surface area (Å²) in [5, 5.41) is 0. The number of hydrogen-bond donors (Lipinski definition) is 1. The number of sulfonamides is 1. The normalized spacial score (nSPS) is 11.7. The Hall–Kier alpha value is -0.940. The Bertz CT molecular complexity index is 518. The Kier molecular flexibility index (Phi) is 12.6. The summed E-state index contributed by atoms with van der Waals surface area (Å²) >= 11 is 0. The molecule has 144 valence electrons. The lowest BCUT2D eigenvalue weighted by Gasteiger charge is -2.06. The molecule has 0 aliphatic heterocycles. The van der Waals surface area contributed by atoms with Crippen LogP contribution < -0.4 is 4.72 Å². The summed E-state index contributed by atoms with van der Waals surface area (Å²) in [5.41, 5.74) is 0.751. The van der Waals surface area contributed by atoms with Crippen LogP contribution in [-0.2, 0) is 16.6 Å². The molecule has 0 spiro atoms. The van der Waals surface area contributed by atoms with Crippen molar-refractivity contribution in [3.63, 3.8) is 0 Å². The summed E-state index contributed by atoms with van der Waals surface area (Å²) in [6.07, 6.45) is 16.6. The van der Waals surface area contributed by atoms with Crippen molar-refractivity contribution < 1.29 is 8.42 Å². The minimum Gasteiger partial charge on any atom is -0.260 e. The zero-order valence-corrected chi connectivity index (χ0v) is 16.7. The summed E-state index contributed by atoms with van der Waals surface area (Å²) in [7, 11) is -3.18. The standard InChI is InChI=1S/C20H36N2O2S/c1-2-3-4-5-6-7-8-9-10-11-12-15-18-25(23,24)22-19-20-16-13-14-17-21-20/h13-14,16-17,22H,2-12,15,18-19H2,1H3. The second kappa shape index (κ2) is 14.3. The maximum absolute atomic E-state index is 11.9. The molecule has 1 aromatic heterocycles. The average molecular weight is 369 g/mol. The van der Waals surface area contributed by atoms with Gasteiger partial charge in [0, 0.05) is 6.20 Å². The first-order valence-electron chi connectivity index (χ1n) is 10.0. The van der Waals surface area contributed by atoms with Crippen LogP contribution in [0.15, 0.2) is 24.4 Å². The highest BCUT2D eigenvalue weighted by molar-refractivity contribution is 7.89. The lowest BCUT2D eigenvalue weighted by atomic mass is 10.1. The quantitative estimate of drug-likeness (QED) is 0.408. The molecule has 0 aliphatic carbocycles. The Morgan fingerprint density at radius 1 is 0.840 bits per heavy atom. The number of rotatable bonds is 16. The van der Waals surface area contributed by atoms with E-state index in [0.29, 0.717) is 0 Å². The maximum atomic E-state index is 11.9. The van der Waals surface area contributed by atoms with Gasteiger partial charge in [-0.3, -0.25) is 4.98 Å². The monoisotopic (exact) mass is 368 g/mol. The molecule has 0 aliphatic rings. The summed E-state index contributed by atoms with van der Waals surface area (Å²) in [6, 6.07) is 5.51. The SMILES string of the molecule is CCCCCCCCCCCCCCS(=O)(=O)NCc1ccccn1. The van der Waals surface area contributed by atoms with Crippen LogP contribution in [0.25, 0.3) is 0 Å². The molecule has 0 bridgehead atoms. The highest BCUT2D eigenvalue weighted by atomic mass is 32.2. The summed E-state index contributed by atoms with van der Waals surface area (Å²) < 4.78 is 26.5. The van der Waals surface area contributed by atoms with E-state index in [4.69, 9.17) is 0 Å². The molecule has 0 amide bonds. The van der Waals surface area contributed by atoms with Crippen molar-refractivity contribution in [2.45, 2.75) is 90.5 Å². The molecular weight excluding hydrogens is 332 g/mol. The zero-order chi connectivity index (χ0) is 18.2. The van der Waals surface area contributed by atoms with E-state index in [1.165, 1.54) is 57.8 Å². The highest BCUT2D eigenvalue weighted by Gasteiger charge is 2.09. The van der Waals surface area contributed by atoms with Crippen LogP contribution in [-0.4, -0.2) is 19.2 Å². The van der Waals surface area contributed by atoms with E-state index in [0.717, 1.165) is 25.0 Å². The Morgan fingerprint density at radius 2 is 1.40 bits per heavy atom. The lowest BCUT2D eigenvalue weighted by molar-refractivity contribution is 0.544. The molecule has 0 radical (unpaired) electrons. The third-order valence-electron chi connectivity index (χ3n) is 4.47. The van der Waals surface area contributed by atoms with Crippen molar-refractivity contribution in [2.75, 3.05) is 5.75 Å². The molecule has 0 saturated heterocycles. The molecule has 5 heteroatoms. The second-order valence-electron chi connectivity index (χ2n) is 6.85. The molecule has 4 nitrogen and oxygen atoms in total. The summed E-state index contributed by atoms with van der Waals surface area (Å²) in [6.45, 7) is 2.53. The molecule has 0 aromatic carbocycles. The minimum atomic E-state index is -3.18. The van der Waals surface area contributed by atoms with Gasteiger partial charge in [0.05, 0.1) is 18.0 Å². The molecular formula is C20H36N2O2S. The van der Waals surface area contributed by atoms with E-state index in [9.17, 15) is 8.42 Å². The van der Waals surface area contributed by atoms with E-state index in [2.05, 4.69) is 16.6 Å². The van der Waals surface area contributed by atoms with Gasteiger partial charge in [-0.05, 0) is 18.6 Å². The van der Waals surface area contributed by atoms with Crippen LogP contribution in [0.5, 0.6) is 0 Å². The van der Waals surface area contributed by atoms with Crippen molar-refractivity contribution in [3.05, 3.63) is 30.1 Å². The van der Waals surface area contributed by atoms with Crippen LogP contribution in [0.1, 0.15) is 89.7 Å². The Morgan fingerprint density at radius 3 is 1.92 bits per heavy atom. The first kappa shape index (κ1) is 22.1. The number of pyridine rings is 1. The molecule has 1 N–H and O–H groups in total. The third kappa shape index (κ3) is 13.0. The van der Waals surface area contributed by atoms with Gasteiger partial charge in [-0.2, -0.15) is 0 Å². The molecule has 1 aromatic rings. The van der Waals surface area contributed by atoms with Gasteiger partial charge < -0.3 is 0 Å². The number of hydrogen-bond acceptors (Lipinski definition) is 3. The van der Waals surface area contributed by atoms with E-state index < -0.39 is 10.0 Å². The Labute approximate surface area is 154 Å². The predicted molar refractivity (Wildman–Crippen MR) is 106 cm³/mol. The van der Waals surface area contributed by atoms with Crippen LogP contribution in [0.4, 0.5) is 0 Å². The van der Waals surface area contributed by atoms with Crippen molar-refractivity contribution >= 4 is 10.0 Å². The number of unbranched alkanes of at least 4 members (excludes halogenated alkanes) is 11. The van der Waals surface area contributed by atoms with Crippen molar-refractivity contribution in [3.8, 4) is 0 Å². The van der Waals surface area contributed by atoms with Crippen LogP contribution in [0.3, 0.4) is 0 Å². The molecule has 0 fully saturated rings. The van der Waals surface area contributed by atoms with Gasteiger partial charge in [-0.1, -0.05) is 83.6 Å².